The van der Waals surface area contributed by atoms with Gasteiger partial charge >= 0.3 is 0 Å². The molecule has 1 N–H and O–H groups in total. The zero-order chi connectivity index (χ0) is 13.1. The molecule has 1 aliphatic heterocycles. The number of nitrogens with one attached hydrogen (secondary N) is 1. The molecule has 1 atom stereocenters. The molecular formula is C17H21NO. The lowest BCUT2D eigenvalue weighted by Crippen LogP contribution is -2.27. The molecule has 1 saturated heterocycles. The Morgan fingerprint density at radius 3 is 2.95 bits per heavy atom. The number of rotatable bonds is 3. The third-order valence-corrected chi connectivity index (χ3v) is 4.42. The smallest absolute Gasteiger partial charge is 0.0756 e. The van der Waals surface area contributed by atoms with Crippen molar-refractivity contribution in [3.05, 3.63) is 29.8 Å². The third-order valence-electron chi connectivity index (χ3n) is 4.42. The molecule has 2 heteroatoms. The van der Waals surface area contributed by atoms with E-state index in [1.54, 1.807) is 0 Å². The van der Waals surface area contributed by atoms with Crippen molar-refractivity contribution in [3.63, 3.8) is 0 Å². The summed E-state index contributed by atoms with van der Waals surface area (Å²) < 4.78 is 6.29. The van der Waals surface area contributed by atoms with E-state index in [2.05, 4.69) is 17.3 Å². The predicted octanol–water partition coefficient (Wildman–Crippen LogP) is 3.57. The molecule has 1 aliphatic carbocycles. The Kier molecular flexibility index (Phi) is 3.48. The van der Waals surface area contributed by atoms with Crippen molar-refractivity contribution in [1.82, 2.24) is 0 Å². The fourth-order valence-corrected chi connectivity index (χ4v) is 3.38. The van der Waals surface area contributed by atoms with E-state index in [-0.39, 0.29) is 5.60 Å². The van der Waals surface area contributed by atoms with Crippen molar-refractivity contribution < 1.29 is 4.74 Å². The summed E-state index contributed by atoms with van der Waals surface area (Å²) >= 11 is 0. The van der Waals surface area contributed by atoms with Crippen LogP contribution in [0.4, 0.5) is 5.69 Å². The van der Waals surface area contributed by atoms with Crippen molar-refractivity contribution in [2.75, 3.05) is 11.9 Å². The molecule has 1 saturated carbocycles. The highest BCUT2D eigenvalue weighted by atomic mass is 16.5. The predicted molar refractivity (Wildman–Crippen MR) is 78.2 cm³/mol. The highest BCUT2D eigenvalue weighted by Gasteiger charge is 2.41. The first-order valence-electron chi connectivity index (χ1n) is 7.28. The van der Waals surface area contributed by atoms with E-state index < -0.39 is 0 Å². The summed E-state index contributed by atoms with van der Waals surface area (Å²) in [6.07, 6.45) is 13.4. The van der Waals surface area contributed by atoms with Gasteiger partial charge < -0.3 is 10.1 Å². The first-order valence-corrected chi connectivity index (χ1v) is 7.28. The average Bonchev–Trinajstić information content (AvgIpc) is 3.08. The highest BCUT2D eigenvalue weighted by molar-refractivity contribution is 5.50. The zero-order valence-corrected chi connectivity index (χ0v) is 11.3. The van der Waals surface area contributed by atoms with Crippen LogP contribution in [0, 0.1) is 12.3 Å². The van der Waals surface area contributed by atoms with E-state index in [4.69, 9.17) is 11.2 Å². The van der Waals surface area contributed by atoms with Crippen LogP contribution < -0.4 is 5.32 Å². The summed E-state index contributed by atoms with van der Waals surface area (Å²) in [5.41, 5.74) is 2.24. The second-order valence-corrected chi connectivity index (χ2v) is 5.77. The molecule has 0 bridgehead atoms. The summed E-state index contributed by atoms with van der Waals surface area (Å²) in [6.45, 7) is 0.885. The third kappa shape index (κ3) is 2.77. The van der Waals surface area contributed by atoms with Gasteiger partial charge in [0, 0.05) is 17.8 Å². The van der Waals surface area contributed by atoms with Crippen molar-refractivity contribution >= 4 is 5.69 Å². The summed E-state index contributed by atoms with van der Waals surface area (Å²) in [6, 6.07) is 8.01. The summed E-state index contributed by atoms with van der Waals surface area (Å²) in [4.78, 5) is 0. The molecule has 1 heterocycles. The second kappa shape index (κ2) is 5.27. The standard InChI is InChI=1S/C17H21NO/c1-2-14-6-5-7-15(12-14)18-13-16-8-11-17(19-16)9-3-4-10-17/h1,5-7,12,16,18H,3-4,8-11,13H2. The Bertz CT molecular complexity index is 482. The molecule has 1 unspecified atom stereocenters. The van der Waals surface area contributed by atoms with Gasteiger partial charge in [-0.2, -0.15) is 0 Å². The topological polar surface area (TPSA) is 21.3 Å². The zero-order valence-electron chi connectivity index (χ0n) is 11.3. The van der Waals surface area contributed by atoms with E-state index in [9.17, 15) is 0 Å². The van der Waals surface area contributed by atoms with Crippen LogP contribution in [0.1, 0.15) is 44.1 Å². The van der Waals surface area contributed by atoms with Gasteiger partial charge in [0.2, 0.25) is 0 Å². The van der Waals surface area contributed by atoms with E-state index in [0.717, 1.165) is 17.8 Å². The number of ether oxygens (including phenoxy) is 1. The maximum atomic E-state index is 6.29. The van der Waals surface area contributed by atoms with Gasteiger partial charge in [0.05, 0.1) is 11.7 Å². The number of hydrogen-bond donors (Lipinski definition) is 1. The van der Waals surface area contributed by atoms with Crippen LogP contribution in [0.15, 0.2) is 24.3 Å². The number of hydrogen-bond acceptors (Lipinski definition) is 2. The lowest BCUT2D eigenvalue weighted by molar-refractivity contribution is -0.0307. The summed E-state index contributed by atoms with van der Waals surface area (Å²) in [5, 5.41) is 3.45. The summed E-state index contributed by atoms with van der Waals surface area (Å²) in [7, 11) is 0. The first-order chi connectivity index (χ1) is 9.30. The van der Waals surface area contributed by atoms with Gasteiger partial charge in [-0.3, -0.25) is 0 Å². The minimum atomic E-state index is 0.229. The summed E-state index contributed by atoms with van der Waals surface area (Å²) in [5.74, 6) is 2.66. The van der Waals surface area contributed by atoms with Crippen molar-refractivity contribution in [3.8, 4) is 12.3 Å². The van der Waals surface area contributed by atoms with Crippen LogP contribution in [0.25, 0.3) is 0 Å². The molecule has 0 aromatic heterocycles. The lowest BCUT2D eigenvalue weighted by Gasteiger charge is -2.24. The Labute approximate surface area is 115 Å². The van der Waals surface area contributed by atoms with Gasteiger partial charge in [-0.05, 0) is 43.9 Å². The number of terminal acetylenes is 1. The Balaban J connectivity index is 1.54. The average molecular weight is 255 g/mol. The monoisotopic (exact) mass is 255 g/mol. The van der Waals surface area contributed by atoms with E-state index >= 15 is 0 Å². The number of anilines is 1. The van der Waals surface area contributed by atoms with Crippen LogP contribution in [-0.2, 0) is 4.74 Å². The van der Waals surface area contributed by atoms with Gasteiger partial charge in [0.1, 0.15) is 0 Å². The molecule has 0 radical (unpaired) electrons. The molecule has 2 aliphatic rings. The quantitative estimate of drug-likeness (QED) is 0.834. The van der Waals surface area contributed by atoms with Gasteiger partial charge in [0.25, 0.3) is 0 Å². The molecule has 1 spiro atoms. The molecular weight excluding hydrogens is 234 g/mol. The molecule has 19 heavy (non-hydrogen) atoms. The molecule has 3 rings (SSSR count). The minimum Gasteiger partial charge on any atom is -0.382 e. The largest absolute Gasteiger partial charge is 0.382 e. The van der Waals surface area contributed by atoms with Gasteiger partial charge in [-0.25, -0.2) is 0 Å². The molecule has 1 aromatic rings. The molecule has 2 nitrogen and oxygen atoms in total. The normalized spacial score (nSPS) is 24.5. The van der Waals surface area contributed by atoms with Crippen molar-refractivity contribution in [1.29, 1.82) is 0 Å². The van der Waals surface area contributed by atoms with Crippen LogP contribution in [0.3, 0.4) is 0 Å². The van der Waals surface area contributed by atoms with E-state index in [0.29, 0.717) is 6.10 Å². The first kappa shape index (κ1) is 12.6. The fourth-order valence-electron chi connectivity index (χ4n) is 3.38. The Morgan fingerprint density at radius 2 is 2.16 bits per heavy atom. The van der Waals surface area contributed by atoms with Crippen molar-refractivity contribution in [2.24, 2.45) is 0 Å². The van der Waals surface area contributed by atoms with Crippen LogP contribution in [0.2, 0.25) is 0 Å². The molecule has 2 fully saturated rings. The van der Waals surface area contributed by atoms with E-state index in [1.807, 2.05) is 18.2 Å². The number of benzene rings is 1. The highest BCUT2D eigenvalue weighted by Crippen LogP contribution is 2.43. The van der Waals surface area contributed by atoms with Crippen LogP contribution in [0.5, 0.6) is 0 Å². The fraction of sp³-hybridized carbons (Fsp3) is 0.529. The van der Waals surface area contributed by atoms with Crippen LogP contribution in [-0.4, -0.2) is 18.2 Å². The Morgan fingerprint density at radius 1 is 1.32 bits per heavy atom. The van der Waals surface area contributed by atoms with E-state index in [1.165, 1.54) is 38.5 Å². The van der Waals surface area contributed by atoms with Gasteiger partial charge in [-0.1, -0.05) is 24.8 Å². The van der Waals surface area contributed by atoms with Crippen molar-refractivity contribution in [2.45, 2.75) is 50.2 Å². The maximum Gasteiger partial charge on any atom is 0.0756 e. The van der Waals surface area contributed by atoms with Crippen LogP contribution >= 0.6 is 0 Å². The molecule has 100 valence electrons. The van der Waals surface area contributed by atoms with Gasteiger partial charge in [-0.15, -0.1) is 6.42 Å². The lowest BCUT2D eigenvalue weighted by atomic mass is 9.98. The second-order valence-electron chi connectivity index (χ2n) is 5.77. The minimum absolute atomic E-state index is 0.229. The SMILES string of the molecule is C#Cc1cccc(NCC2CCC3(CCCC3)O2)c1. The molecule has 0 amide bonds. The van der Waals surface area contributed by atoms with Gasteiger partial charge in [0.15, 0.2) is 0 Å². The maximum absolute atomic E-state index is 6.29. The molecule has 1 aromatic carbocycles. The Hall–Kier alpha value is -1.46.